The third kappa shape index (κ3) is 1.35. The van der Waals surface area contributed by atoms with Gasteiger partial charge >= 0.3 is 5.97 Å². The first kappa shape index (κ1) is 15.0. The summed E-state index contributed by atoms with van der Waals surface area (Å²) in [5.41, 5.74) is 2.99. The molecule has 0 bridgehead atoms. The zero-order valence-electron chi connectivity index (χ0n) is 15.3. The summed E-state index contributed by atoms with van der Waals surface area (Å²) in [7, 11) is 0. The third-order valence-electron chi connectivity index (χ3n) is 8.57. The molecule has 0 N–H and O–H groups in total. The summed E-state index contributed by atoms with van der Waals surface area (Å²) < 4.78 is 18.4. The van der Waals surface area contributed by atoms with E-state index in [2.05, 4.69) is 27.4 Å². The van der Waals surface area contributed by atoms with E-state index < -0.39 is 0 Å². The van der Waals surface area contributed by atoms with Crippen LogP contribution in [0.15, 0.2) is 23.3 Å². The van der Waals surface area contributed by atoms with Gasteiger partial charge in [-0.2, -0.15) is 0 Å². The summed E-state index contributed by atoms with van der Waals surface area (Å²) >= 11 is 0. The molecule has 3 heterocycles. The lowest BCUT2D eigenvalue weighted by molar-refractivity contribution is -0.136. The van der Waals surface area contributed by atoms with Crippen LogP contribution in [0.4, 0.5) is 0 Å². The van der Waals surface area contributed by atoms with Gasteiger partial charge in [0.05, 0.1) is 12.2 Å². The lowest BCUT2D eigenvalue weighted by atomic mass is 9.46. The molecule has 6 aliphatic rings. The summed E-state index contributed by atoms with van der Waals surface area (Å²) in [6.07, 6.45) is 4.33. The maximum Gasteiger partial charge on any atom is 0.334 e. The first-order valence-corrected chi connectivity index (χ1v) is 9.81. The Balaban J connectivity index is 1.48. The summed E-state index contributed by atoms with van der Waals surface area (Å²) in [6.45, 7) is 12.0. The molecule has 4 fully saturated rings. The van der Waals surface area contributed by atoms with Crippen molar-refractivity contribution in [3.63, 3.8) is 0 Å². The molecule has 2 saturated heterocycles. The minimum Gasteiger partial charge on any atom is -0.458 e. The second-order valence-electron chi connectivity index (χ2n) is 9.58. The zero-order valence-corrected chi connectivity index (χ0v) is 15.3. The first-order valence-electron chi connectivity index (χ1n) is 9.81. The van der Waals surface area contributed by atoms with Gasteiger partial charge in [-0.3, -0.25) is 0 Å². The van der Waals surface area contributed by atoms with Crippen LogP contribution >= 0.6 is 0 Å². The van der Waals surface area contributed by atoms with Crippen LogP contribution in [0.2, 0.25) is 0 Å². The molecule has 2 spiro atoms. The molecule has 4 heteroatoms. The summed E-state index contributed by atoms with van der Waals surface area (Å²) in [5.74, 6) is 1.31. The van der Waals surface area contributed by atoms with Gasteiger partial charge in [-0.05, 0) is 54.6 Å². The van der Waals surface area contributed by atoms with Gasteiger partial charge in [0.15, 0.2) is 0 Å². The van der Waals surface area contributed by atoms with Gasteiger partial charge in [0.25, 0.3) is 0 Å². The molecular weight excluding hydrogens is 316 g/mol. The minimum absolute atomic E-state index is 0.0162. The standard InChI is InChI=1S/C21H26O4/c1-10(2)13-7-17-21(25-17)19(4)6-5-12-14(9-23-18(12)22)15(19)8-16-20(21,24-16)11(13)3/h10,13,15-17H,3,5-9H2,1-2,4H3/t13-,15?,16-,17-,19-,20-,21+/m0/s1. The van der Waals surface area contributed by atoms with Crippen LogP contribution in [-0.2, 0) is 19.0 Å². The van der Waals surface area contributed by atoms with Crippen LogP contribution in [0, 0.1) is 23.2 Å². The highest BCUT2D eigenvalue weighted by Gasteiger charge is 2.91. The smallest absolute Gasteiger partial charge is 0.334 e. The number of carbonyl (C=O) groups excluding carboxylic acids is 1. The van der Waals surface area contributed by atoms with Crippen molar-refractivity contribution in [3.05, 3.63) is 23.3 Å². The Labute approximate surface area is 148 Å². The number of fused-ring (bicyclic) bond motifs is 2. The lowest BCUT2D eigenvalue weighted by Gasteiger charge is -2.53. The van der Waals surface area contributed by atoms with E-state index >= 15 is 0 Å². The number of esters is 1. The molecule has 7 atom stereocenters. The molecule has 0 radical (unpaired) electrons. The highest BCUT2D eigenvalue weighted by atomic mass is 16.7. The van der Waals surface area contributed by atoms with E-state index in [0.29, 0.717) is 24.4 Å². The Hall–Kier alpha value is -1.13. The van der Waals surface area contributed by atoms with Crippen LogP contribution in [0.3, 0.4) is 0 Å². The van der Waals surface area contributed by atoms with Crippen molar-refractivity contribution in [2.45, 2.75) is 69.9 Å². The van der Waals surface area contributed by atoms with Crippen molar-refractivity contribution < 1.29 is 19.0 Å². The summed E-state index contributed by atoms with van der Waals surface area (Å²) in [6, 6.07) is 0. The van der Waals surface area contributed by atoms with Gasteiger partial charge in [0.1, 0.15) is 17.8 Å². The van der Waals surface area contributed by atoms with E-state index in [1.807, 2.05) is 0 Å². The Morgan fingerprint density at radius 2 is 2.00 bits per heavy atom. The van der Waals surface area contributed by atoms with Gasteiger partial charge in [0, 0.05) is 11.0 Å². The normalized spacial score (nSPS) is 55.0. The van der Waals surface area contributed by atoms with Gasteiger partial charge < -0.3 is 14.2 Å². The van der Waals surface area contributed by atoms with Crippen LogP contribution in [0.25, 0.3) is 0 Å². The number of hydrogen-bond acceptors (Lipinski definition) is 4. The number of epoxide rings is 2. The summed E-state index contributed by atoms with van der Waals surface area (Å²) in [4.78, 5) is 12.1. The largest absolute Gasteiger partial charge is 0.458 e. The maximum absolute atomic E-state index is 12.1. The highest BCUT2D eigenvalue weighted by molar-refractivity contribution is 5.92. The fraction of sp³-hybridized carbons (Fsp3) is 0.762. The number of rotatable bonds is 1. The number of carbonyl (C=O) groups is 1. The van der Waals surface area contributed by atoms with Crippen LogP contribution in [0.5, 0.6) is 0 Å². The van der Waals surface area contributed by atoms with Crippen molar-refractivity contribution in [1.29, 1.82) is 0 Å². The van der Waals surface area contributed by atoms with Crippen LogP contribution in [0.1, 0.15) is 46.5 Å². The SMILES string of the molecule is C=C1[C@H](C(C)C)C[C@@H]2O[C@@]23[C@@]2(C)CCC4=C(COC4=O)C2C[C@@H]2O[C@@]123. The lowest BCUT2D eigenvalue weighted by Crippen LogP contribution is -2.62. The van der Waals surface area contributed by atoms with E-state index in [-0.39, 0.29) is 34.8 Å². The molecular formula is C21H26O4. The molecule has 6 rings (SSSR count). The average Bonchev–Trinajstić information content (AvgIpc) is 3.44. The van der Waals surface area contributed by atoms with Crippen LogP contribution in [-0.4, -0.2) is 36.0 Å². The molecule has 3 aliphatic carbocycles. The molecule has 4 nitrogen and oxygen atoms in total. The maximum atomic E-state index is 12.1. The highest BCUT2D eigenvalue weighted by Crippen LogP contribution is 2.80. The molecule has 0 aromatic rings. The fourth-order valence-electron chi connectivity index (χ4n) is 7.26. The predicted octanol–water partition coefficient (Wildman–Crippen LogP) is 3.17. The van der Waals surface area contributed by atoms with Gasteiger partial charge in [-0.1, -0.05) is 27.4 Å². The molecule has 3 aliphatic heterocycles. The first-order chi connectivity index (χ1) is 11.9. The fourth-order valence-corrected chi connectivity index (χ4v) is 7.26. The molecule has 134 valence electrons. The minimum atomic E-state index is -0.266. The van der Waals surface area contributed by atoms with Gasteiger partial charge in [-0.15, -0.1) is 0 Å². The van der Waals surface area contributed by atoms with E-state index in [1.54, 1.807) is 0 Å². The average molecular weight is 342 g/mol. The van der Waals surface area contributed by atoms with Crippen molar-refractivity contribution in [2.24, 2.45) is 23.2 Å². The number of ether oxygens (including phenoxy) is 3. The van der Waals surface area contributed by atoms with Crippen molar-refractivity contribution in [3.8, 4) is 0 Å². The van der Waals surface area contributed by atoms with Crippen molar-refractivity contribution in [1.82, 2.24) is 0 Å². The molecule has 0 amide bonds. The molecule has 2 saturated carbocycles. The second kappa shape index (κ2) is 4.07. The Morgan fingerprint density at radius 3 is 2.76 bits per heavy atom. The molecule has 0 aromatic carbocycles. The third-order valence-corrected chi connectivity index (χ3v) is 8.57. The van der Waals surface area contributed by atoms with E-state index in [1.165, 1.54) is 11.1 Å². The monoisotopic (exact) mass is 342 g/mol. The van der Waals surface area contributed by atoms with Gasteiger partial charge in [-0.25, -0.2) is 4.79 Å². The second-order valence-corrected chi connectivity index (χ2v) is 9.58. The molecule has 25 heavy (non-hydrogen) atoms. The van der Waals surface area contributed by atoms with E-state index in [9.17, 15) is 4.79 Å². The molecule has 1 unspecified atom stereocenters. The Morgan fingerprint density at radius 1 is 1.20 bits per heavy atom. The van der Waals surface area contributed by atoms with E-state index in [0.717, 1.165) is 31.3 Å². The Kier molecular flexibility index (Phi) is 2.44. The van der Waals surface area contributed by atoms with E-state index in [4.69, 9.17) is 14.2 Å². The quantitative estimate of drug-likeness (QED) is 0.417. The topological polar surface area (TPSA) is 51.4 Å². The zero-order chi connectivity index (χ0) is 17.4. The summed E-state index contributed by atoms with van der Waals surface area (Å²) in [5, 5.41) is 0. The number of hydrogen-bond donors (Lipinski definition) is 0. The van der Waals surface area contributed by atoms with Crippen molar-refractivity contribution >= 4 is 5.97 Å². The molecule has 0 aromatic heterocycles. The van der Waals surface area contributed by atoms with Gasteiger partial charge in [0.2, 0.25) is 0 Å². The van der Waals surface area contributed by atoms with Crippen LogP contribution < -0.4 is 0 Å². The number of cyclic esters (lactones) is 1. The Bertz CT molecular complexity index is 766. The predicted molar refractivity (Wildman–Crippen MR) is 90.7 cm³/mol. The van der Waals surface area contributed by atoms with Crippen molar-refractivity contribution in [2.75, 3.05) is 6.61 Å².